The van der Waals surface area contributed by atoms with Crippen molar-refractivity contribution in [3.05, 3.63) is 29.8 Å². The predicted molar refractivity (Wildman–Crippen MR) is 85.1 cm³/mol. The minimum atomic E-state index is -0.147. The standard InChI is InChI=1S/C16H27N3O/c1-12(2)9-15(19(4)5)11-17-16(20)18-14-8-6-7-13(3)10-14/h6-8,10,12,15H,9,11H2,1-5H3,(H2,17,18,20)/t15-/m1/s1. The van der Waals surface area contributed by atoms with Crippen molar-refractivity contribution in [1.29, 1.82) is 0 Å². The summed E-state index contributed by atoms with van der Waals surface area (Å²) in [5.74, 6) is 0.615. The van der Waals surface area contributed by atoms with Crippen LogP contribution >= 0.6 is 0 Å². The van der Waals surface area contributed by atoms with E-state index >= 15 is 0 Å². The van der Waals surface area contributed by atoms with Gasteiger partial charge in [0, 0.05) is 18.3 Å². The van der Waals surface area contributed by atoms with Crippen molar-refractivity contribution < 1.29 is 4.79 Å². The third-order valence-corrected chi connectivity index (χ3v) is 3.25. The maximum Gasteiger partial charge on any atom is 0.319 e. The number of anilines is 1. The molecule has 0 spiro atoms. The summed E-state index contributed by atoms with van der Waals surface area (Å²) in [6.07, 6.45) is 1.07. The molecule has 20 heavy (non-hydrogen) atoms. The van der Waals surface area contributed by atoms with Crippen LogP contribution < -0.4 is 10.6 Å². The predicted octanol–water partition coefficient (Wildman–Crippen LogP) is 3.09. The number of carbonyl (C=O) groups is 1. The fourth-order valence-electron chi connectivity index (χ4n) is 2.13. The first-order valence-corrected chi connectivity index (χ1v) is 7.16. The summed E-state index contributed by atoms with van der Waals surface area (Å²) in [4.78, 5) is 14.1. The van der Waals surface area contributed by atoms with Crippen LogP contribution in [0.4, 0.5) is 10.5 Å². The van der Waals surface area contributed by atoms with Crippen LogP contribution in [0.25, 0.3) is 0 Å². The van der Waals surface area contributed by atoms with Crippen LogP contribution in [-0.2, 0) is 0 Å². The van der Waals surface area contributed by atoms with Gasteiger partial charge < -0.3 is 15.5 Å². The molecule has 0 saturated carbocycles. The largest absolute Gasteiger partial charge is 0.336 e. The lowest BCUT2D eigenvalue weighted by atomic mass is 10.0. The Kier molecular flexibility index (Phi) is 6.52. The molecule has 2 N–H and O–H groups in total. The summed E-state index contributed by atoms with van der Waals surface area (Å²) < 4.78 is 0. The van der Waals surface area contributed by atoms with Gasteiger partial charge in [-0.15, -0.1) is 0 Å². The van der Waals surface area contributed by atoms with Crippen LogP contribution in [0.15, 0.2) is 24.3 Å². The average molecular weight is 277 g/mol. The van der Waals surface area contributed by atoms with Gasteiger partial charge >= 0.3 is 6.03 Å². The van der Waals surface area contributed by atoms with Crippen molar-refractivity contribution in [2.45, 2.75) is 33.2 Å². The Hall–Kier alpha value is -1.55. The number of benzene rings is 1. The van der Waals surface area contributed by atoms with Crippen molar-refractivity contribution >= 4 is 11.7 Å². The van der Waals surface area contributed by atoms with Crippen molar-refractivity contribution in [2.24, 2.45) is 5.92 Å². The molecule has 0 fully saturated rings. The van der Waals surface area contributed by atoms with Crippen LogP contribution in [0.1, 0.15) is 25.8 Å². The Bertz CT molecular complexity index is 429. The Morgan fingerprint density at radius 3 is 2.55 bits per heavy atom. The zero-order valence-corrected chi connectivity index (χ0v) is 13.2. The van der Waals surface area contributed by atoms with Crippen molar-refractivity contribution in [2.75, 3.05) is 26.0 Å². The molecule has 4 heteroatoms. The molecule has 0 aliphatic rings. The van der Waals surface area contributed by atoms with Crippen molar-refractivity contribution in [3.8, 4) is 0 Å². The smallest absolute Gasteiger partial charge is 0.319 e. The van der Waals surface area contributed by atoms with E-state index in [0.29, 0.717) is 18.5 Å². The molecule has 1 aromatic rings. The molecule has 1 aromatic carbocycles. The van der Waals surface area contributed by atoms with Crippen LogP contribution in [0.3, 0.4) is 0 Å². The van der Waals surface area contributed by atoms with Crippen LogP contribution in [0.5, 0.6) is 0 Å². The third kappa shape index (κ3) is 6.06. The summed E-state index contributed by atoms with van der Waals surface area (Å²) in [7, 11) is 4.10. The Labute approximate surface area is 122 Å². The molecule has 0 aromatic heterocycles. The number of rotatable bonds is 6. The normalized spacial score (nSPS) is 12.6. The highest BCUT2D eigenvalue weighted by Gasteiger charge is 2.14. The molecule has 4 nitrogen and oxygen atoms in total. The molecular weight excluding hydrogens is 250 g/mol. The van der Waals surface area contributed by atoms with Gasteiger partial charge in [0.05, 0.1) is 0 Å². The molecule has 1 atom stereocenters. The minimum Gasteiger partial charge on any atom is -0.336 e. The number of hydrogen-bond acceptors (Lipinski definition) is 2. The summed E-state index contributed by atoms with van der Waals surface area (Å²) >= 11 is 0. The summed E-state index contributed by atoms with van der Waals surface area (Å²) in [5.41, 5.74) is 1.96. The highest BCUT2D eigenvalue weighted by Crippen LogP contribution is 2.10. The summed E-state index contributed by atoms with van der Waals surface area (Å²) in [5, 5.41) is 5.81. The lowest BCUT2D eigenvalue weighted by molar-refractivity contribution is 0.231. The number of nitrogens with one attached hydrogen (secondary N) is 2. The van der Waals surface area contributed by atoms with Crippen LogP contribution in [-0.4, -0.2) is 37.6 Å². The Morgan fingerprint density at radius 2 is 2.00 bits per heavy atom. The summed E-state index contributed by atoms with van der Waals surface area (Å²) in [6.45, 7) is 7.06. The number of likely N-dealkylation sites (N-methyl/N-ethyl adjacent to an activating group) is 1. The van der Waals surface area contributed by atoms with E-state index in [1.54, 1.807) is 0 Å². The SMILES string of the molecule is Cc1cccc(NC(=O)NC[C@@H](CC(C)C)N(C)C)c1. The van der Waals surface area contributed by atoms with Crippen molar-refractivity contribution in [1.82, 2.24) is 10.2 Å². The first-order chi connectivity index (χ1) is 9.38. The second-order valence-corrected chi connectivity index (χ2v) is 5.95. The molecule has 0 saturated heterocycles. The number of nitrogens with zero attached hydrogens (tertiary/aromatic N) is 1. The summed E-state index contributed by atoms with van der Waals surface area (Å²) in [6, 6.07) is 8.01. The molecule has 0 bridgehead atoms. The second-order valence-electron chi connectivity index (χ2n) is 5.95. The molecule has 0 aliphatic carbocycles. The first kappa shape index (κ1) is 16.5. The highest BCUT2D eigenvalue weighted by atomic mass is 16.2. The third-order valence-electron chi connectivity index (χ3n) is 3.25. The van der Waals surface area contributed by atoms with Gasteiger partial charge in [0.2, 0.25) is 0 Å². The van der Waals surface area contributed by atoms with E-state index in [1.165, 1.54) is 0 Å². The average Bonchev–Trinajstić information content (AvgIpc) is 2.33. The van der Waals surface area contributed by atoms with Gasteiger partial charge in [-0.25, -0.2) is 4.79 Å². The Morgan fingerprint density at radius 1 is 1.30 bits per heavy atom. The van der Waals surface area contributed by atoms with Gasteiger partial charge in [0.15, 0.2) is 0 Å². The zero-order chi connectivity index (χ0) is 15.1. The minimum absolute atomic E-state index is 0.147. The first-order valence-electron chi connectivity index (χ1n) is 7.16. The number of amides is 2. The molecular formula is C16H27N3O. The maximum atomic E-state index is 11.9. The number of urea groups is 1. The van der Waals surface area contributed by atoms with E-state index in [9.17, 15) is 4.79 Å². The van der Waals surface area contributed by atoms with Gasteiger partial charge in [-0.2, -0.15) is 0 Å². The molecule has 1 rings (SSSR count). The quantitative estimate of drug-likeness (QED) is 0.839. The molecule has 112 valence electrons. The monoisotopic (exact) mass is 277 g/mol. The molecule has 0 heterocycles. The maximum absolute atomic E-state index is 11.9. The van der Waals surface area contributed by atoms with Gasteiger partial charge in [-0.3, -0.25) is 0 Å². The number of aryl methyl sites for hydroxylation is 1. The molecule has 0 aliphatic heterocycles. The van der Waals surface area contributed by atoms with Crippen LogP contribution in [0, 0.1) is 12.8 Å². The number of carbonyl (C=O) groups excluding carboxylic acids is 1. The molecule has 0 unspecified atom stereocenters. The fraction of sp³-hybridized carbons (Fsp3) is 0.562. The zero-order valence-electron chi connectivity index (χ0n) is 13.2. The van der Waals surface area contributed by atoms with E-state index in [2.05, 4.69) is 29.4 Å². The van der Waals surface area contributed by atoms with Crippen molar-refractivity contribution in [3.63, 3.8) is 0 Å². The molecule has 0 radical (unpaired) electrons. The van der Waals surface area contributed by atoms with Gasteiger partial charge in [-0.1, -0.05) is 26.0 Å². The van der Waals surface area contributed by atoms with Gasteiger partial charge in [0.1, 0.15) is 0 Å². The highest BCUT2D eigenvalue weighted by molar-refractivity contribution is 5.89. The fourth-order valence-corrected chi connectivity index (χ4v) is 2.13. The van der Waals surface area contributed by atoms with E-state index < -0.39 is 0 Å². The van der Waals surface area contributed by atoms with E-state index in [0.717, 1.165) is 17.7 Å². The Balaban J connectivity index is 2.45. The second kappa shape index (κ2) is 7.90. The number of hydrogen-bond donors (Lipinski definition) is 2. The topological polar surface area (TPSA) is 44.4 Å². The van der Waals surface area contributed by atoms with E-state index in [-0.39, 0.29) is 6.03 Å². The van der Waals surface area contributed by atoms with E-state index in [4.69, 9.17) is 0 Å². The lowest BCUT2D eigenvalue weighted by Crippen LogP contribution is -2.42. The lowest BCUT2D eigenvalue weighted by Gasteiger charge is -2.26. The molecule has 2 amide bonds. The van der Waals surface area contributed by atoms with E-state index in [1.807, 2.05) is 45.3 Å². The van der Waals surface area contributed by atoms with Crippen LogP contribution in [0.2, 0.25) is 0 Å². The van der Waals surface area contributed by atoms with Gasteiger partial charge in [0.25, 0.3) is 0 Å². The van der Waals surface area contributed by atoms with Gasteiger partial charge in [-0.05, 0) is 51.1 Å².